The molecule has 2 aliphatic rings. The molecule has 1 aliphatic carbocycles. The molecule has 7 heteroatoms. The van der Waals surface area contributed by atoms with Crippen LogP contribution < -0.4 is 15.0 Å². The molecular weight excluding hydrogens is 410 g/mol. The molecule has 31 heavy (non-hydrogen) atoms. The summed E-state index contributed by atoms with van der Waals surface area (Å²) in [5.74, 6) is 0.877. The Morgan fingerprint density at radius 3 is 3.00 bits per heavy atom. The molecule has 5 rings (SSSR count). The largest absolute Gasteiger partial charge is 0.598 e. The number of para-hydroxylation sites is 1. The fraction of sp³-hybridized carbons (Fsp3) is 0.333. The molecule has 0 fully saturated rings. The molecule has 0 saturated carbocycles. The van der Waals surface area contributed by atoms with Crippen LogP contribution in [0.1, 0.15) is 34.7 Å². The molecule has 6 nitrogen and oxygen atoms in total. The normalized spacial score (nSPS) is 20.6. The third-order valence-corrected chi connectivity index (χ3v) is 6.88. The van der Waals surface area contributed by atoms with Crippen molar-refractivity contribution in [2.45, 2.75) is 37.6 Å². The quantitative estimate of drug-likeness (QED) is 0.602. The first kappa shape index (κ1) is 20.3. The van der Waals surface area contributed by atoms with Gasteiger partial charge in [0.2, 0.25) is 0 Å². The van der Waals surface area contributed by atoms with Gasteiger partial charge in [-0.25, -0.2) is 4.98 Å². The van der Waals surface area contributed by atoms with Crippen molar-refractivity contribution < 1.29 is 9.29 Å². The van der Waals surface area contributed by atoms with Crippen LogP contribution in [0.15, 0.2) is 53.6 Å². The molecule has 0 radical (unpaired) electrons. The average molecular weight is 436 g/mol. The van der Waals surface area contributed by atoms with Crippen LogP contribution in [0.3, 0.4) is 0 Å². The summed E-state index contributed by atoms with van der Waals surface area (Å²) in [6.07, 6.45) is 6.22. The number of ether oxygens (including phenoxy) is 1. The Morgan fingerprint density at radius 1 is 1.26 bits per heavy atom. The summed E-state index contributed by atoms with van der Waals surface area (Å²) in [7, 11) is 0. The Balaban J connectivity index is 1.51. The molecule has 0 saturated heterocycles. The summed E-state index contributed by atoms with van der Waals surface area (Å²) in [6, 6.07) is 14.7. The van der Waals surface area contributed by atoms with E-state index < -0.39 is 11.4 Å². The van der Waals surface area contributed by atoms with Crippen LogP contribution in [0.2, 0.25) is 0 Å². The van der Waals surface area contributed by atoms with Crippen molar-refractivity contribution in [2.24, 2.45) is 0 Å². The van der Waals surface area contributed by atoms with Gasteiger partial charge in [0.1, 0.15) is 12.0 Å². The van der Waals surface area contributed by atoms with E-state index in [1.807, 2.05) is 0 Å². The van der Waals surface area contributed by atoms with E-state index in [0.717, 1.165) is 47.6 Å². The lowest BCUT2D eigenvalue weighted by atomic mass is 9.78. The summed E-state index contributed by atoms with van der Waals surface area (Å²) < 4.78 is 21.0. The first-order chi connectivity index (χ1) is 15.1. The van der Waals surface area contributed by atoms with Crippen molar-refractivity contribution >= 4 is 11.4 Å². The Bertz CT molecular complexity index is 1160. The Kier molecular flexibility index (Phi) is 5.56. The summed E-state index contributed by atoms with van der Waals surface area (Å²) in [4.78, 5) is 19.8. The Morgan fingerprint density at radius 2 is 2.13 bits per heavy atom. The maximum Gasteiger partial charge on any atom is 0.254 e. The third-order valence-electron chi connectivity index (χ3n) is 6.25. The number of rotatable bonds is 5. The molecule has 3 atom stereocenters. The first-order valence-electron chi connectivity index (χ1n) is 10.6. The van der Waals surface area contributed by atoms with E-state index in [0.29, 0.717) is 18.4 Å². The van der Waals surface area contributed by atoms with Gasteiger partial charge in [0.05, 0.1) is 24.7 Å². The predicted octanol–water partition coefficient (Wildman–Crippen LogP) is 2.90. The lowest BCUT2D eigenvalue weighted by Gasteiger charge is -2.32. The molecular formula is C24H25N3O3S. The van der Waals surface area contributed by atoms with Crippen LogP contribution in [0, 0.1) is 0 Å². The van der Waals surface area contributed by atoms with Crippen molar-refractivity contribution in [3.63, 3.8) is 0 Å². The van der Waals surface area contributed by atoms with E-state index in [1.165, 1.54) is 11.9 Å². The smallest absolute Gasteiger partial charge is 0.254 e. The van der Waals surface area contributed by atoms with Crippen molar-refractivity contribution in [1.82, 2.24) is 14.7 Å². The average Bonchev–Trinajstić information content (AvgIpc) is 3.24. The number of fused-ring (bicyclic) bond motifs is 2. The molecule has 3 unspecified atom stereocenters. The highest BCUT2D eigenvalue weighted by molar-refractivity contribution is 7.88. The van der Waals surface area contributed by atoms with Crippen molar-refractivity contribution in [2.75, 3.05) is 12.9 Å². The second kappa shape index (κ2) is 8.49. The van der Waals surface area contributed by atoms with E-state index >= 15 is 0 Å². The van der Waals surface area contributed by atoms with Crippen molar-refractivity contribution in [3.8, 4) is 16.9 Å². The maximum absolute atomic E-state index is 12.7. The number of hydrogen-bond acceptors (Lipinski definition) is 5. The number of aryl methyl sites for hydroxylation is 1. The zero-order valence-corrected chi connectivity index (χ0v) is 18.2. The van der Waals surface area contributed by atoms with E-state index in [-0.39, 0.29) is 17.5 Å². The lowest BCUT2D eigenvalue weighted by Crippen LogP contribution is -2.44. The minimum absolute atomic E-state index is 0.0448. The fourth-order valence-corrected chi connectivity index (χ4v) is 5.59. The molecule has 3 aromatic rings. The van der Waals surface area contributed by atoms with Crippen molar-refractivity contribution in [3.05, 3.63) is 81.5 Å². The van der Waals surface area contributed by atoms with Gasteiger partial charge in [-0.2, -0.15) is 0 Å². The molecule has 0 spiro atoms. The van der Waals surface area contributed by atoms with E-state index in [4.69, 9.17) is 4.74 Å². The number of aromatic amines is 1. The molecule has 2 N–H and O–H groups in total. The topological polar surface area (TPSA) is 90.1 Å². The number of hydrogen-bond donors (Lipinski definition) is 2. The van der Waals surface area contributed by atoms with Crippen LogP contribution in [-0.2, 0) is 30.6 Å². The monoisotopic (exact) mass is 435 g/mol. The number of H-pyrrole nitrogens is 1. The lowest BCUT2D eigenvalue weighted by molar-refractivity contribution is 0.358. The van der Waals surface area contributed by atoms with E-state index in [9.17, 15) is 9.35 Å². The predicted molar refractivity (Wildman–Crippen MR) is 122 cm³/mol. The SMILES string of the molecule is C[S+]([O-])NC1CCc2nc[nH]c(=O)c2C1Cc1cccc(-c2cccc3c2OCC3)c1. The zero-order chi connectivity index (χ0) is 21.4. The van der Waals surface area contributed by atoms with Crippen LogP contribution in [0.5, 0.6) is 5.75 Å². The highest BCUT2D eigenvalue weighted by atomic mass is 32.2. The Hall–Kier alpha value is -2.61. The minimum atomic E-state index is -1.16. The fourth-order valence-electron chi connectivity index (χ4n) is 4.88. The van der Waals surface area contributed by atoms with Gasteiger partial charge < -0.3 is 14.3 Å². The molecule has 1 aliphatic heterocycles. The molecule has 2 heterocycles. The highest BCUT2D eigenvalue weighted by Crippen LogP contribution is 2.38. The van der Waals surface area contributed by atoms with Gasteiger partial charge in [0.25, 0.3) is 5.56 Å². The second-order valence-corrected chi connectivity index (χ2v) is 9.36. The van der Waals surface area contributed by atoms with E-state index in [1.54, 1.807) is 6.26 Å². The van der Waals surface area contributed by atoms with Gasteiger partial charge in [-0.3, -0.25) is 4.79 Å². The maximum atomic E-state index is 12.7. The number of nitrogens with zero attached hydrogens (tertiary/aromatic N) is 1. The van der Waals surface area contributed by atoms with Gasteiger partial charge in [-0.1, -0.05) is 42.5 Å². The molecule has 2 aromatic carbocycles. The van der Waals surface area contributed by atoms with Gasteiger partial charge in [-0.05, 0) is 36.0 Å². The molecule has 1 aromatic heterocycles. The van der Waals surface area contributed by atoms with Gasteiger partial charge in [0, 0.05) is 34.8 Å². The second-order valence-electron chi connectivity index (χ2n) is 8.21. The standard InChI is InChI=1S/C24H25N3O3S/c1-31(29)27-20-8-9-21-22(24(28)26-14-25-21)19(20)13-15-4-2-6-17(12-15)18-7-3-5-16-10-11-30-23(16)18/h2-7,12,14,19-20,27H,8-11,13H2,1H3,(H,25,26,28). The molecule has 0 amide bonds. The number of nitrogens with one attached hydrogen (secondary N) is 2. The first-order valence-corrected chi connectivity index (χ1v) is 12.2. The Labute approximate surface area is 184 Å². The summed E-state index contributed by atoms with van der Waals surface area (Å²) >= 11 is -1.16. The van der Waals surface area contributed by atoms with Crippen LogP contribution in [0.25, 0.3) is 11.1 Å². The highest BCUT2D eigenvalue weighted by Gasteiger charge is 2.34. The van der Waals surface area contributed by atoms with Gasteiger partial charge in [-0.15, -0.1) is 4.72 Å². The summed E-state index contributed by atoms with van der Waals surface area (Å²) in [5, 5.41) is 0. The summed E-state index contributed by atoms with van der Waals surface area (Å²) in [6.45, 7) is 0.724. The summed E-state index contributed by atoms with van der Waals surface area (Å²) in [5.41, 5.74) is 6.04. The third kappa shape index (κ3) is 4.01. The van der Waals surface area contributed by atoms with Gasteiger partial charge in [0.15, 0.2) is 0 Å². The van der Waals surface area contributed by atoms with Gasteiger partial charge >= 0.3 is 0 Å². The van der Waals surface area contributed by atoms with Crippen LogP contribution >= 0.6 is 0 Å². The van der Waals surface area contributed by atoms with Crippen LogP contribution in [-0.4, -0.2) is 33.4 Å². The minimum Gasteiger partial charge on any atom is -0.598 e. The molecule has 0 bridgehead atoms. The zero-order valence-electron chi connectivity index (χ0n) is 17.4. The number of benzene rings is 2. The van der Waals surface area contributed by atoms with Crippen LogP contribution in [0.4, 0.5) is 0 Å². The van der Waals surface area contributed by atoms with Crippen molar-refractivity contribution in [1.29, 1.82) is 0 Å². The van der Waals surface area contributed by atoms with E-state index in [2.05, 4.69) is 57.2 Å². The molecule has 160 valence electrons. The number of aromatic nitrogens is 2.